The number of carboxylic acids is 1. The average molecular weight is 276 g/mol. The second-order valence-electron chi connectivity index (χ2n) is 4.43. The number of carboxylic acid groups (broad SMARTS) is 1. The molecular formula is C15H16O5. The summed E-state index contributed by atoms with van der Waals surface area (Å²) >= 11 is 0. The number of benzene rings is 1. The van der Waals surface area contributed by atoms with Gasteiger partial charge in [0.1, 0.15) is 23.7 Å². The van der Waals surface area contributed by atoms with Crippen LogP contribution in [0.2, 0.25) is 0 Å². The van der Waals surface area contributed by atoms with Crippen LogP contribution in [0.15, 0.2) is 28.7 Å². The fraction of sp³-hybridized carbons (Fsp3) is 0.267. The normalized spacial score (nSPS) is 10.3. The lowest BCUT2D eigenvalue weighted by Crippen LogP contribution is -1.97. The molecule has 2 rings (SSSR count). The highest BCUT2D eigenvalue weighted by molar-refractivity contribution is 5.88. The smallest absolute Gasteiger partial charge is 0.339 e. The first-order valence-corrected chi connectivity index (χ1v) is 6.11. The van der Waals surface area contributed by atoms with E-state index in [2.05, 4.69) is 0 Å². The average Bonchev–Trinajstić information content (AvgIpc) is 2.78. The van der Waals surface area contributed by atoms with E-state index in [-0.39, 0.29) is 12.2 Å². The molecule has 0 saturated heterocycles. The molecule has 0 aliphatic heterocycles. The number of rotatable bonds is 5. The van der Waals surface area contributed by atoms with Crippen LogP contribution in [0.25, 0.3) is 0 Å². The SMILES string of the molecule is COc1cc(C)ccc1OCc1cc(C(=O)O)c(C)o1. The highest BCUT2D eigenvalue weighted by Crippen LogP contribution is 2.29. The number of furan rings is 1. The van der Waals surface area contributed by atoms with Crippen molar-refractivity contribution >= 4 is 5.97 Å². The van der Waals surface area contributed by atoms with Gasteiger partial charge in [0.25, 0.3) is 0 Å². The number of aromatic carboxylic acids is 1. The number of methoxy groups -OCH3 is 1. The van der Waals surface area contributed by atoms with Crippen molar-refractivity contribution in [1.29, 1.82) is 0 Å². The van der Waals surface area contributed by atoms with Crippen LogP contribution in [0.1, 0.15) is 27.4 Å². The maximum atomic E-state index is 10.9. The highest BCUT2D eigenvalue weighted by Gasteiger charge is 2.14. The number of hydrogen-bond donors (Lipinski definition) is 1. The largest absolute Gasteiger partial charge is 0.493 e. The van der Waals surface area contributed by atoms with E-state index in [1.807, 2.05) is 25.1 Å². The molecule has 0 spiro atoms. The van der Waals surface area contributed by atoms with Crippen molar-refractivity contribution in [3.05, 3.63) is 46.9 Å². The lowest BCUT2D eigenvalue weighted by Gasteiger charge is -2.10. The van der Waals surface area contributed by atoms with Gasteiger partial charge in [0.2, 0.25) is 0 Å². The van der Waals surface area contributed by atoms with Crippen molar-refractivity contribution < 1.29 is 23.8 Å². The summed E-state index contributed by atoms with van der Waals surface area (Å²) in [6.45, 7) is 3.72. The molecule has 20 heavy (non-hydrogen) atoms. The lowest BCUT2D eigenvalue weighted by molar-refractivity contribution is 0.0695. The maximum Gasteiger partial charge on any atom is 0.339 e. The first-order valence-electron chi connectivity index (χ1n) is 6.11. The van der Waals surface area contributed by atoms with E-state index < -0.39 is 5.97 Å². The zero-order valence-corrected chi connectivity index (χ0v) is 11.6. The Balaban J connectivity index is 2.13. The molecule has 1 heterocycles. The Hall–Kier alpha value is -2.43. The quantitative estimate of drug-likeness (QED) is 0.908. The molecule has 106 valence electrons. The van der Waals surface area contributed by atoms with Gasteiger partial charge in [0.05, 0.1) is 7.11 Å². The third-order valence-corrected chi connectivity index (χ3v) is 2.89. The molecular weight excluding hydrogens is 260 g/mol. The second kappa shape index (κ2) is 5.69. The van der Waals surface area contributed by atoms with Crippen LogP contribution < -0.4 is 9.47 Å². The predicted octanol–water partition coefficient (Wildman–Crippen LogP) is 3.18. The zero-order chi connectivity index (χ0) is 14.7. The van der Waals surface area contributed by atoms with Crippen molar-refractivity contribution in [3.63, 3.8) is 0 Å². The second-order valence-corrected chi connectivity index (χ2v) is 4.43. The van der Waals surface area contributed by atoms with E-state index in [0.717, 1.165) is 5.56 Å². The van der Waals surface area contributed by atoms with Gasteiger partial charge in [-0.1, -0.05) is 6.07 Å². The minimum absolute atomic E-state index is 0.146. The van der Waals surface area contributed by atoms with Crippen LogP contribution in [0.5, 0.6) is 11.5 Å². The molecule has 0 aliphatic rings. The monoisotopic (exact) mass is 276 g/mol. The summed E-state index contributed by atoms with van der Waals surface area (Å²) in [7, 11) is 1.57. The van der Waals surface area contributed by atoms with Gasteiger partial charge in [-0.2, -0.15) is 0 Å². The third kappa shape index (κ3) is 2.93. The van der Waals surface area contributed by atoms with E-state index in [0.29, 0.717) is 23.0 Å². The fourth-order valence-corrected chi connectivity index (χ4v) is 1.87. The molecule has 2 aromatic rings. The third-order valence-electron chi connectivity index (χ3n) is 2.89. The van der Waals surface area contributed by atoms with Crippen LogP contribution in [0, 0.1) is 13.8 Å². The minimum atomic E-state index is -1.01. The Morgan fingerprint density at radius 3 is 2.60 bits per heavy atom. The maximum absolute atomic E-state index is 10.9. The first-order chi connectivity index (χ1) is 9.51. The van der Waals surface area contributed by atoms with Gasteiger partial charge in [0.15, 0.2) is 11.5 Å². The fourth-order valence-electron chi connectivity index (χ4n) is 1.87. The molecule has 0 fully saturated rings. The molecule has 0 unspecified atom stereocenters. The summed E-state index contributed by atoms with van der Waals surface area (Å²) in [6.07, 6.45) is 0. The van der Waals surface area contributed by atoms with Gasteiger partial charge >= 0.3 is 5.97 Å². The summed E-state index contributed by atoms with van der Waals surface area (Å²) in [6, 6.07) is 7.06. The molecule has 0 bridgehead atoms. The van der Waals surface area contributed by atoms with Crippen molar-refractivity contribution in [2.24, 2.45) is 0 Å². The Bertz CT molecular complexity index is 627. The summed E-state index contributed by atoms with van der Waals surface area (Å²) in [5, 5.41) is 8.96. The van der Waals surface area contributed by atoms with Crippen LogP contribution in [0.3, 0.4) is 0 Å². The van der Waals surface area contributed by atoms with Gasteiger partial charge in [0, 0.05) is 0 Å². The Morgan fingerprint density at radius 1 is 1.25 bits per heavy atom. The van der Waals surface area contributed by atoms with E-state index in [4.69, 9.17) is 19.0 Å². The summed E-state index contributed by atoms with van der Waals surface area (Å²) in [5.74, 6) is 1.04. The molecule has 5 heteroatoms. The van der Waals surface area contributed by atoms with Gasteiger partial charge < -0.3 is 19.0 Å². The van der Waals surface area contributed by atoms with E-state index in [1.54, 1.807) is 14.0 Å². The van der Waals surface area contributed by atoms with E-state index >= 15 is 0 Å². The van der Waals surface area contributed by atoms with Crippen molar-refractivity contribution in [1.82, 2.24) is 0 Å². The van der Waals surface area contributed by atoms with Gasteiger partial charge in [-0.3, -0.25) is 0 Å². The van der Waals surface area contributed by atoms with Gasteiger partial charge in [-0.05, 0) is 37.6 Å². The molecule has 1 N–H and O–H groups in total. The molecule has 0 radical (unpaired) electrons. The number of aryl methyl sites for hydroxylation is 2. The van der Waals surface area contributed by atoms with Crippen molar-refractivity contribution in [3.8, 4) is 11.5 Å². The Morgan fingerprint density at radius 2 is 2.00 bits per heavy atom. The van der Waals surface area contributed by atoms with Crippen LogP contribution in [-0.4, -0.2) is 18.2 Å². The van der Waals surface area contributed by atoms with E-state index in [9.17, 15) is 4.79 Å². The standard InChI is InChI=1S/C15H16O5/c1-9-4-5-13(14(6-9)18-3)19-8-11-7-12(15(16)17)10(2)20-11/h4-7H,8H2,1-3H3,(H,16,17). The topological polar surface area (TPSA) is 68.9 Å². The lowest BCUT2D eigenvalue weighted by atomic mass is 10.2. The van der Waals surface area contributed by atoms with E-state index in [1.165, 1.54) is 6.07 Å². The summed E-state index contributed by atoms with van der Waals surface area (Å²) in [5.41, 5.74) is 1.22. The highest BCUT2D eigenvalue weighted by atomic mass is 16.5. The molecule has 0 saturated carbocycles. The molecule has 1 aromatic carbocycles. The van der Waals surface area contributed by atoms with Crippen LogP contribution >= 0.6 is 0 Å². The first kappa shape index (κ1) is 14.0. The van der Waals surface area contributed by atoms with Gasteiger partial charge in [-0.15, -0.1) is 0 Å². The summed E-state index contributed by atoms with van der Waals surface area (Å²) in [4.78, 5) is 10.9. The predicted molar refractivity (Wildman–Crippen MR) is 72.5 cm³/mol. The van der Waals surface area contributed by atoms with Crippen LogP contribution in [0.4, 0.5) is 0 Å². The molecule has 0 aliphatic carbocycles. The number of ether oxygens (including phenoxy) is 2. The van der Waals surface area contributed by atoms with Crippen LogP contribution in [-0.2, 0) is 6.61 Å². The zero-order valence-electron chi connectivity index (χ0n) is 11.6. The molecule has 5 nitrogen and oxygen atoms in total. The number of carbonyl (C=O) groups is 1. The number of hydrogen-bond acceptors (Lipinski definition) is 4. The van der Waals surface area contributed by atoms with Crippen molar-refractivity contribution in [2.75, 3.05) is 7.11 Å². The summed E-state index contributed by atoms with van der Waals surface area (Å²) < 4.78 is 16.2. The van der Waals surface area contributed by atoms with Crippen molar-refractivity contribution in [2.45, 2.75) is 20.5 Å². The Labute approximate surface area is 116 Å². The minimum Gasteiger partial charge on any atom is -0.493 e. The molecule has 0 atom stereocenters. The molecule has 1 aromatic heterocycles. The van der Waals surface area contributed by atoms with Gasteiger partial charge in [-0.25, -0.2) is 4.79 Å². The Kier molecular flexibility index (Phi) is 3.98. The molecule has 0 amide bonds.